The average molecular weight is 317 g/mol. The van der Waals surface area contributed by atoms with E-state index in [4.69, 9.17) is 0 Å². The van der Waals surface area contributed by atoms with Crippen LogP contribution in [0.4, 0.5) is 5.69 Å². The molecule has 1 fully saturated rings. The summed E-state index contributed by atoms with van der Waals surface area (Å²) in [6.07, 6.45) is 3.81. The van der Waals surface area contributed by atoms with Gasteiger partial charge in [0.2, 0.25) is 5.91 Å². The molecule has 0 saturated heterocycles. The Morgan fingerprint density at radius 3 is 2.52 bits per heavy atom. The van der Waals surface area contributed by atoms with Gasteiger partial charge in [-0.15, -0.1) is 13.2 Å². The zero-order valence-electron chi connectivity index (χ0n) is 13.9. The summed E-state index contributed by atoms with van der Waals surface area (Å²) in [5, 5.41) is 12.6. The second kappa shape index (κ2) is 9.26. The van der Waals surface area contributed by atoms with Crippen LogP contribution >= 0.6 is 0 Å². The van der Waals surface area contributed by atoms with Gasteiger partial charge in [0.05, 0.1) is 0 Å². The molecule has 1 aliphatic rings. The second-order valence-electron chi connectivity index (χ2n) is 5.98. The molecule has 2 N–H and O–H groups in total. The van der Waals surface area contributed by atoms with Crippen molar-refractivity contribution in [1.29, 1.82) is 0 Å². The molecular weight excluding hydrogens is 290 g/mol. The van der Waals surface area contributed by atoms with Crippen LogP contribution in [-0.2, 0) is 16.0 Å². The van der Waals surface area contributed by atoms with Crippen molar-refractivity contribution in [1.82, 2.24) is 0 Å². The highest BCUT2D eigenvalue weighted by molar-refractivity contribution is 5.90. The minimum Gasteiger partial charge on any atom is -0.396 e. The summed E-state index contributed by atoms with van der Waals surface area (Å²) >= 11 is 0. The molecule has 23 heavy (non-hydrogen) atoms. The molecule has 1 saturated carbocycles. The summed E-state index contributed by atoms with van der Waals surface area (Å²) < 4.78 is 0. The van der Waals surface area contributed by atoms with Crippen molar-refractivity contribution in [3.05, 3.63) is 43.0 Å². The lowest BCUT2D eigenvalue weighted by atomic mass is 9.70. The molecule has 0 heterocycles. The molecule has 0 spiro atoms. The Hall–Kier alpha value is -1.94. The van der Waals surface area contributed by atoms with E-state index in [0.717, 1.165) is 30.5 Å². The summed E-state index contributed by atoms with van der Waals surface area (Å²) in [7, 11) is 0. The number of rotatable bonds is 5. The van der Waals surface area contributed by atoms with Gasteiger partial charge in [0.15, 0.2) is 0 Å². The lowest BCUT2D eigenvalue weighted by molar-refractivity contribution is -0.123. The van der Waals surface area contributed by atoms with E-state index in [1.165, 1.54) is 0 Å². The number of carbonyl (C=O) groups excluding carboxylic acids is 2. The molecule has 1 amide bonds. The van der Waals surface area contributed by atoms with Gasteiger partial charge < -0.3 is 10.4 Å². The number of carbonyl (C=O) groups is 2. The topological polar surface area (TPSA) is 66.4 Å². The molecule has 1 aromatic rings. The van der Waals surface area contributed by atoms with Gasteiger partial charge >= 0.3 is 0 Å². The van der Waals surface area contributed by atoms with E-state index >= 15 is 0 Å². The van der Waals surface area contributed by atoms with Crippen LogP contribution in [0.3, 0.4) is 0 Å². The summed E-state index contributed by atoms with van der Waals surface area (Å²) in [4.78, 5) is 22.8. The monoisotopic (exact) mass is 317 g/mol. The van der Waals surface area contributed by atoms with Crippen molar-refractivity contribution in [3.8, 4) is 0 Å². The maximum absolute atomic E-state index is 11.4. The van der Waals surface area contributed by atoms with Crippen molar-refractivity contribution < 1.29 is 14.7 Å². The number of anilines is 1. The number of aliphatic hydroxyl groups is 1. The lowest BCUT2D eigenvalue weighted by Crippen LogP contribution is -2.33. The first-order chi connectivity index (χ1) is 11.1. The van der Waals surface area contributed by atoms with Crippen LogP contribution in [0.1, 0.15) is 44.6 Å². The van der Waals surface area contributed by atoms with Crippen molar-refractivity contribution in [2.45, 2.75) is 45.4 Å². The van der Waals surface area contributed by atoms with E-state index in [0.29, 0.717) is 25.0 Å². The van der Waals surface area contributed by atoms with Crippen LogP contribution in [0.25, 0.3) is 0 Å². The fourth-order valence-electron chi connectivity index (χ4n) is 2.89. The van der Waals surface area contributed by atoms with Crippen molar-refractivity contribution >= 4 is 17.4 Å². The number of ketones is 1. The highest BCUT2D eigenvalue weighted by atomic mass is 16.3. The first kappa shape index (κ1) is 19.1. The minimum atomic E-state index is -0.193. The predicted molar refractivity (Wildman–Crippen MR) is 93.3 cm³/mol. The highest BCUT2D eigenvalue weighted by Crippen LogP contribution is 2.37. The predicted octanol–water partition coefficient (Wildman–Crippen LogP) is 3.50. The zero-order valence-corrected chi connectivity index (χ0v) is 13.9. The maximum atomic E-state index is 11.4. The van der Waals surface area contributed by atoms with E-state index < -0.39 is 0 Å². The lowest BCUT2D eigenvalue weighted by Gasteiger charge is -2.35. The first-order valence-corrected chi connectivity index (χ1v) is 8.08. The summed E-state index contributed by atoms with van der Waals surface area (Å²) in [5.41, 5.74) is 1.69. The summed E-state index contributed by atoms with van der Waals surface area (Å²) in [5.74, 6) is 0.287. The van der Waals surface area contributed by atoms with Gasteiger partial charge in [0, 0.05) is 31.6 Å². The Morgan fingerprint density at radius 1 is 1.30 bits per heavy atom. The van der Waals surface area contributed by atoms with E-state index in [9.17, 15) is 14.7 Å². The molecule has 0 aromatic heterocycles. The number of aliphatic hydroxyl groups excluding tert-OH is 1. The standard InChI is InChI=1S/C17H23NO3.C2H4/c1-2-16(21)18-14-5-3-4-13(10-14)11-17(12-19)8-6-15(20)7-9-17;1-2/h3-5,10,19H,2,6-9,11-12H2,1H3,(H,18,21);1-2H2. The van der Waals surface area contributed by atoms with Gasteiger partial charge in [-0.1, -0.05) is 19.1 Å². The van der Waals surface area contributed by atoms with Crippen LogP contribution in [0.15, 0.2) is 37.4 Å². The van der Waals surface area contributed by atoms with E-state index in [1.54, 1.807) is 0 Å². The molecule has 4 nitrogen and oxygen atoms in total. The van der Waals surface area contributed by atoms with Crippen molar-refractivity contribution in [2.75, 3.05) is 11.9 Å². The van der Waals surface area contributed by atoms with Crippen LogP contribution in [0.5, 0.6) is 0 Å². The average Bonchev–Trinajstić information content (AvgIpc) is 2.59. The van der Waals surface area contributed by atoms with Gasteiger partial charge in [0.1, 0.15) is 5.78 Å². The Bertz CT molecular complexity index is 529. The molecule has 2 rings (SSSR count). The number of nitrogens with one attached hydrogen (secondary N) is 1. The Kier molecular flexibility index (Phi) is 7.69. The van der Waals surface area contributed by atoms with E-state index in [-0.39, 0.29) is 17.9 Å². The maximum Gasteiger partial charge on any atom is 0.224 e. The number of hydrogen-bond donors (Lipinski definition) is 2. The molecule has 4 heteroatoms. The third-order valence-electron chi connectivity index (χ3n) is 4.31. The molecule has 1 aromatic carbocycles. The number of benzene rings is 1. The van der Waals surface area contributed by atoms with Gasteiger partial charge in [0.25, 0.3) is 0 Å². The number of hydrogen-bond acceptors (Lipinski definition) is 3. The molecule has 1 aliphatic carbocycles. The van der Waals surface area contributed by atoms with Gasteiger partial charge in [-0.2, -0.15) is 0 Å². The summed E-state index contributed by atoms with van der Waals surface area (Å²) in [6.45, 7) is 7.92. The smallest absolute Gasteiger partial charge is 0.224 e. The third-order valence-corrected chi connectivity index (χ3v) is 4.31. The van der Waals surface area contributed by atoms with Crippen molar-refractivity contribution in [2.24, 2.45) is 5.41 Å². The Labute approximate surface area is 138 Å². The molecule has 0 unspecified atom stereocenters. The third kappa shape index (κ3) is 5.64. The van der Waals surface area contributed by atoms with Crippen LogP contribution in [0, 0.1) is 5.41 Å². The normalized spacial score (nSPS) is 16.2. The molecular formula is C19H27NO3. The second-order valence-corrected chi connectivity index (χ2v) is 5.98. The summed E-state index contributed by atoms with van der Waals surface area (Å²) in [6, 6.07) is 7.75. The van der Waals surface area contributed by atoms with Gasteiger partial charge in [-0.05, 0) is 42.4 Å². The Morgan fingerprint density at radius 2 is 1.96 bits per heavy atom. The van der Waals surface area contributed by atoms with Gasteiger partial charge in [-0.25, -0.2) is 0 Å². The SMILES string of the molecule is C=C.CCC(=O)Nc1cccc(CC2(CO)CCC(=O)CC2)c1. The molecule has 126 valence electrons. The minimum absolute atomic E-state index is 0.00714. The molecule has 0 atom stereocenters. The molecule has 0 bridgehead atoms. The van der Waals surface area contributed by atoms with Crippen LogP contribution < -0.4 is 5.32 Å². The number of Topliss-reactive ketones (excluding diaryl/α,β-unsaturated/α-hetero) is 1. The Balaban J connectivity index is 0.00000127. The largest absolute Gasteiger partial charge is 0.396 e. The quantitative estimate of drug-likeness (QED) is 0.817. The highest BCUT2D eigenvalue weighted by Gasteiger charge is 2.34. The number of amides is 1. The van der Waals surface area contributed by atoms with E-state index in [1.807, 2.05) is 31.2 Å². The molecule has 0 radical (unpaired) electrons. The van der Waals surface area contributed by atoms with Crippen LogP contribution in [0.2, 0.25) is 0 Å². The van der Waals surface area contributed by atoms with Crippen molar-refractivity contribution in [3.63, 3.8) is 0 Å². The first-order valence-electron chi connectivity index (χ1n) is 8.08. The van der Waals surface area contributed by atoms with Crippen LogP contribution in [-0.4, -0.2) is 23.4 Å². The zero-order chi connectivity index (χ0) is 17.3. The van der Waals surface area contributed by atoms with Gasteiger partial charge in [-0.3, -0.25) is 9.59 Å². The fraction of sp³-hybridized carbons (Fsp3) is 0.474. The molecule has 0 aliphatic heterocycles. The fourth-order valence-corrected chi connectivity index (χ4v) is 2.89. The van der Waals surface area contributed by atoms with E-state index in [2.05, 4.69) is 18.5 Å².